The average Bonchev–Trinajstić information content (AvgIpc) is 3.45. The standard InChI is InChI=1S/C46H69N3O8S/c1-28-14-16-36(17-15-28)58(53,54)55-20-12-11-13-34-21-29(2)22-35(49(34)42(52)57-44(8,9)10)25-33-18-19-45-32-24-38-37(39(40(45)47-33)41(51)56-43(5,6)7)23-30(3)26-46(38,45)48(27-32)31(4)50/h14-17,29-30,32-35,37-38,47H,11-13,18-27H2,1-10H3/t29-,30?,32+,33?,34+,35?,37?,38?,45?,46+/m0/s1. The number of esters is 1. The van der Waals surface area contributed by atoms with E-state index >= 15 is 0 Å². The molecule has 6 unspecified atom stereocenters. The molecule has 12 heteroatoms. The van der Waals surface area contributed by atoms with Crippen molar-refractivity contribution in [3.63, 3.8) is 0 Å². The van der Waals surface area contributed by atoms with Crippen LogP contribution in [0.4, 0.5) is 4.79 Å². The maximum Gasteiger partial charge on any atom is 0.410 e. The van der Waals surface area contributed by atoms with Gasteiger partial charge >= 0.3 is 12.1 Å². The van der Waals surface area contributed by atoms with Gasteiger partial charge in [-0.15, -0.1) is 0 Å². The fraction of sp³-hybridized carbons (Fsp3) is 0.761. The molecule has 5 fully saturated rings. The van der Waals surface area contributed by atoms with Crippen molar-refractivity contribution in [2.75, 3.05) is 13.2 Å². The fourth-order valence-corrected chi connectivity index (χ4v) is 13.7. The van der Waals surface area contributed by atoms with Crippen LogP contribution < -0.4 is 5.32 Å². The lowest BCUT2D eigenvalue weighted by Gasteiger charge is -2.62. The van der Waals surface area contributed by atoms with E-state index in [2.05, 4.69) is 24.1 Å². The molecule has 2 amide bonds. The number of hydrogen-bond acceptors (Lipinski definition) is 9. The van der Waals surface area contributed by atoms with Crippen LogP contribution in [0.5, 0.6) is 0 Å². The van der Waals surface area contributed by atoms with Gasteiger partial charge in [-0.1, -0.05) is 31.5 Å². The Bertz CT molecular complexity index is 1900. The minimum absolute atomic E-state index is 0.0104. The van der Waals surface area contributed by atoms with Crippen LogP contribution in [0.15, 0.2) is 40.4 Å². The maximum absolute atomic E-state index is 14.5. The zero-order chi connectivity index (χ0) is 42.2. The SMILES string of the molecule is CC(=O)N1C[C@H]2CC3C4CC(C)C[C@]31C21CCC(CC2C[C@@H](C)C[C@@H](CCCCOS(=O)(=O)c3ccc(C)cc3)N2C(=O)OC(C)(C)C)NC1=C4C(=O)OC(C)(C)C. The summed E-state index contributed by atoms with van der Waals surface area (Å²) in [5.41, 5.74) is 0.873. The Hall–Kier alpha value is -3.12. The van der Waals surface area contributed by atoms with Gasteiger partial charge < -0.3 is 24.6 Å². The molecule has 5 bridgehead atoms. The summed E-state index contributed by atoms with van der Waals surface area (Å²) in [6.07, 6.45) is 8.66. The first kappa shape index (κ1) is 43.0. The average molecular weight is 824 g/mol. The number of aryl methyl sites for hydroxylation is 1. The first-order valence-electron chi connectivity index (χ1n) is 22.1. The second-order valence-corrected chi connectivity index (χ2v) is 22.6. The highest BCUT2D eigenvalue weighted by molar-refractivity contribution is 7.86. The van der Waals surface area contributed by atoms with Crippen LogP contribution in [0.3, 0.4) is 0 Å². The van der Waals surface area contributed by atoms with Gasteiger partial charge in [-0.3, -0.25) is 8.98 Å². The number of carbonyl (C=O) groups is 3. The second-order valence-electron chi connectivity index (χ2n) is 21.0. The summed E-state index contributed by atoms with van der Waals surface area (Å²) < 4.78 is 43.4. The topological polar surface area (TPSA) is 132 Å². The zero-order valence-electron chi connectivity index (χ0n) is 36.7. The molecule has 10 atom stereocenters. The highest BCUT2D eigenvalue weighted by atomic mass is 32.2. The van der Waals surface area contributed by atoms with Gasteiger partial charge in [0.1, 0.15) is 11.2 Å². The van der Waals surface area contributed by atoms with Crippen LogP contribution in [-0.2, 0) is 33.4 Å². The van der Waals surface area contributed by atoms with E-state index in [1.54, 1.807) is 31.2 Å². The molecular formula is C46H69N3O8S. The van der Waals surface area contributed by atoms with Gasteiger partial charge in [0.2, 0.25) is 5.91 Å². The van der Waals surface area contributed by atoms with E-state index < -0.39 is 21.3 Å². The molecule has 322 valence electrons. The Balaban J connectivity index is 1.14. The van der Waals surface area contributed by atoms with Crippen LogP contribution in [0.2, 0.25) is 0 Å². The summed E-state index contributed by atoms with van der Waals surface area (Å²) in [5.74, 6) is 1.19. The number of rotatable bonds is 10. The molecule has 3 aliphatic carbocycles. The molecule has 1 aromatic carbocycles. The summed E-state index contributed by atoms with van der Waals surface area (Å²) in [5, 5.41) is 4.05. The number of carbonyl (C=O) groups excluding carboxylic acids is 3. The number of hydrogen-bond donors (Lipinski definition) is 1. The maximum atomic E-state index is 14.5. The molecular weight excluding hydrogens is 755 g/mol. The third-order valence-corrected chi connectivity index (χ3v) is 15.7. The van der Waals surface area contributed by atoms with E-state index in [9.17, 15) is 22.8 Å². The zero-order valence-corrected chi connectivity index (χ0v) is 37.5. The summed E-state index contributed by atoms with van der Waals surface area (Å²) in [6, 6.07) is 6.50. The van der Waals surface area contributed by atoms with Crippen LogP contribution in [0, 0.1) is 41.9 Å². The molecule has 58 heavy (non-hydrogen) atoms. The summed E-state index contributed by atoms with van der Waals surface area (Å²) in [7, 11) is -3.85. The van der Waals surface area contributed by atoms with E-state index in [0.29, 0.717) is 37.5 Å². The Kier molecular flexibility index (Phi) is 11.4. The molecule has 1 N–H and O–H groups in total. The van der Waals surface area contributed by atoms with E-state index in [4.69, 9.17) is 13.7 Å². The minimum Gasteiger partial charge on any atom is -0.457 e. The number of piperidine rings is 3. The number of nitrogens with one attached hydrogen (secondary N) is 1. The largest absolute Gasteiger partial charge is 0.457 e. The first-order valence-corrected chi connectivity index (χ1v) is 23.5. The van der Waals surface area contributed by atoms with Gasteiger partial charge in [0.25, 0.3) is 10.1 Å². The summed E-state index contributed by atoms with van der Waals surface area (Å²) >= 11 is 0. The number of ether oxygens (including phenoxy) is 2. The molecule has 7 rings (SSSR count). The predicted octanol–water partition coefficient (Wildman–Crippen LogP) is 8.30. The van der Waals surface area contributed by atoms with E-state index in [1.165, 1.54) is 0 Å². The summed E-state index contributed by atoms with van der Waals surface area (Å²) in [6.45, 7) is 20.5. The molecule has 3 aliphatic heterocycles. The van der Waals surface area contributed by atoms with Crippen molar-refractivity contribution < 1.29 is 36.5 Å². The lowest BCUT2D eigenvalue weighted by Crippen LogP contribution is -2.68. The molecule has 2 saturated carbocycles. The van der Waals surface area contributed by atoms with Crippen LogP contribution in [0.1, 0.15) is 139 Å². The number of likely N-dealkylation sites (tertiary alicyclic amines) is 2. The highest BCUT2D eigenvalue weighted by Crippen LogP contribution is 2.76. The monoisotopic (exact) mass is 823 g/mol. The van der Waals surface area contributed by atoms with Crippen molar-refractivity contribution in [1.82, 2.24) is 15.1 Å². The van der Waals surface area contributed by atoms with Crippen LogP contribution in [0.25, 0.3) is 0 Å². The molecule has 3 saturated heterocycles. The van der Waals surface area contributed by atoms with Gasteiger partial charge in [0.15, 0.2) is 0 Å². The van der Waals surface area contributed by atoms with Gasteiger partial charge in [-0.2, -0.15) is 8.42 Å². The molecule has 6 aliphatic rings. The number of unbranched alkanes of at least 4 members (excludes halogenated alkanes) is 1. The Labute approximate surface area is 347 Å². The minimum atomic E-state index is -3.85. The number of benzene rings is 1. The van der Waals surface area contributed by atoms with E-state index in [-0.39, 0.29) is 76.3 Å². The molecule has 2 spiro atoms. The Morgan fingerprint density at radius 2 is 1.57 bits per heavy atom. The molecule has 1 aromatic rings. The van der Waals surface area contributed by atoms with Crippen LogP contribution in [-0.4, -0.2) is 84.2 Å². The number of amides is 2. The smallest absolute Gasteiger partial charge is 0.410 e. The predicted molar refractivity (Wildman–Crippen MR) is 222 cm³/mol. The molecule has 3 heterocycles. The summed E-state index contributed by atoms with van der Waals surface area (Å²) in [4.78, 5) is 46.5. The Morgan fingerprint density at radius 1 is 0.897 bits per heavy atom. The van der Waals surface area contributed by atoms with Crippen molar-refractivity contribution in [3.8, 4) is 0 Å². The van der Waals surface area contributed by atoms with Gasteiger partial charge in [-0.25, -0.2) is 9.59 Å². The molecule has 0 aromatic heterocycles. The quantitative estimate of drug-likeness (QED) is 0.141. The second kappa shape index (κ2) is 15.4. The normalized spacial score (nSPS) is 34.4. The number of nitrogens with zero attached hydrogens (tertiary/aromatic N) is 2. The Morgan fingerprint density at radius 3 is 2.22 bits per heavy atom. The van der Waals surface area contributed by atoms with Crippen molar-refractivity contribution in [2.24, 2.45) is 35.0 Å². The van der Waals surface area contributed by atoms with Gasteiger partial charge in [0.05, 0.1) is 22.6 Å². The highest BCUT2D eigenvalue weighted by Gasteiger charge is 2.79. The van der Waals surface area contributed by atoms with E-state index in [0.717, 1.165) is 68.3 Å². The molecule has 0 radical (unpaired) electrons. The lowest BCUT2D eigenvalue weighted by atomic mass is 9.49. The van der Waals surface area contributed by atoms with E-state index in [1.807, 2.05) is 53.4 Å². The van der Waals surface area contributed by atoms with Gasteiger partial charge in [0, 0.05) is 42.7 Å². The van der Waals surface area contributed by atoms with Crippen molar-refractivity contribution in [2.45, 2.75) is 180 Å². The van der Waals surface area contributed by atoms with Crippen LogP contribution >= 0.6 is 0 Å². The fourth-order valence-electron chi connectivity index (χ4n) is 12.7. The van der Waals surface area contributed by atoms with Crippen molar-refractivity contribution in [1.29, 1.82) is 0 Å². The third-order valence-electron chi connectivity index (χ3n) is 14.4. The molecule has 11 nitrogen and oxygen atoms in total. The van der Waals surface area contributed by atoms with Crippen molar-refractivity contribution in [3.05, 3.63) is 41.1 Å². The lowest BCUT2D eigenvalue weighted by molar-refractivity contribution is -0.155. The van der Waals surface area contributed by atoms with Crippen molar-refractivity contribution >= 4 is 28.1 Å². The third kappa shape index (κ3) is 7.71. The van der Waals surface area contributed by atoms with Gasteiger partial charge in [-0.05, 0) is 161 Å². The first-order chi connectivity index (χ1) is 27.1.